The fourth-order valence-corrected chi connectivity index (χ4v) is 5.30. The molecule has 112 valence electrons. The number of sulfonamides is 1. The van der Waals surface area contributed by atoms with E-state index in [-0.39, 0.29) is 6.04 Å². The zero-order valence-corrected chi connectivity index (χ0v) is 13.2. The van der Waals surface area contributed by atoms with Crippen LogP contribution >= 0.6 is 11.8 Å². The van der Waals surface area contributed by atoms with Gasteiger partial charge >= 0.3 is 0 Å². The maximum Gasteiger partial charge on any atom is 0.241 e. The van der Waals surface area contributed by atoms with E-state index in [1.165, 1.54) is 0 Å². The summed E-state index contributed by atoms with van der Waals surface area (Å²) in [6, 6.07) is 10.6. The van der Waals surface area contributed by atoms with Gasteiger partial charge in [0.05, 0.1) is 4.90 Å². The van der Waals surface area contributed by atoms with Crippen LogP contribution in [0.25, 0.3) is 10.8 Å². The number of nitrogens with one attached hydrogen (secondary N) is 1. The second-order valence-electron chi connectivity index (χ2n) is 5.27. The number of hydrogen-bond donors (Lipinski definition) is 2. The first kappa shape index (κ1) is 14.7. The molecular formula is C15H18N2O2S2. The van der Waals surface area contributed by atoms with E-state index in [0.717, 1.165) is 29.7 Å². The Kier molecular flexibility index (Phi) is 4.10. The molecule has 21 heavy (non-hydrogen) atoms. The molecule has 0 saturated carbocycles. The van der Waals surface area contributed by atoms with E-state index in [1.807, 2.05) is 6.07 Å². The summed E-state index contributed by atoms with van der Waals surface area (Å²) in [5.74, 6) is 1.96. The third-order valence-corrected chi connectivity index (χ3v) is 6.43. The molecule has 1 unspecified atom stereocenters. The minimum absolute atomic E-state index is 0.0257. The molecule has 3 N–H and O–H groups in total. The lowest BCUT2D eigenvalue weighted by Crippen LogP contribution is -2.38. The summed E-state index contributed by atoms with van der Waals surface area (Å²) in [6.07, 6.45) is 1.97. The van der Waals surface area contributed by atoms with Gasteiger partial charge in [0.1, 0.15) is 0 Å². The quantitative estimate of drug-likeness (QED) is 0.852. The zero-order chi connectivity index (χ0) is 14.9. The SMILES string of the molecule is Nc1ccc2c(S(=O)(=O)NC3CCCSC3)cccc2c1. The van der Waals surface area contributed by atoms with Crippen LogP contribution in [0.4, 0.5) is 5.69 Å². The molecule has 0 radical (unpaired) electrons. The van der Waals surface area contributed by atoms with Gasteiger partial charge in [-0.15, -0.1) is 0 Å². The van der Waals surface area contributed by atoms with Crippen molar-refractivity contribution in [3.05, 3.63) is 36.4 Å². The first-order valence-electron chi connectivity index (χ1n) is 6.94. The summed E-state index contributed by atoms with van der Waals surface area (Å²) in [5, 5.41) is 1.55. The van der Waals surface area contributed by atoms with Gasteiger partial charge in [-0.05, 0) is 42.2 Å². The fourth-order valence-electron chi connectivity index (χ4n) is 2.62. The molecule has 0 bridgehead atoms. The number of anilines is 1. The molecule has 1 saturated heterocycles. The highest BCUT2D eigenvalue weighted by Crippen LogP contribution is 2.26. The van der Waals surface area contributed by atoms with Crippen molar-refractivity contribution in [2.24, 2.45) is 0 Å². The van der Waals surface area contributed by atoms with E-state index < -0.39 is 10.0 Å². The molecule has 4 nitrogen and oxygen atoms in total. The number of thioether (sulfide) groups is 1. The van der Waals surface area contributed by atoms with E-state index in [4.69, 9.17) is 5.73 Å². The van der Waals surface area contributed by atoms with Crippen LogP contribution in [0.1, 0.15) is 12.8 Å². The number of nitrogens with two attached hydrogens (primary N) is 1. The Morgan fingerprint density at radius 2 is 2.10 bits per heavy atom. The van der Waals surface area contributed by atoms with Crippen molar-refractivity contribution >= 4 is 38.2 Å². The van der Waals surface area contributed by atoms with Crippen LogP contribution in [-0.4, -0.2) is 26.0 Å². The molecule has 6 heteroatoms. The van der Waals surface area contributed by atoms with E-state index in [2.05, 4.69) is 4.72 Å². The monoisotopic (exact) mass is 322 g/mol. The van der Waals surface area contributed by atoms with E-state index in [9.17, 15) is 8.42 Å². The first-order valence-corrected chi connectivity index (χ1v) is 9.58. The normalized spacial score (nSPS) is 19.7. The summed E-state index contributed by atoms with van der Waals surface area (Å²) >= 11 is 1.80. The lowest BCUT2D eigenvalue weighted by Gasteiger charge is -2.22. The Morgan fingerprint density at radius 1 is 1.24 bits per heavy atom. The van der Waals surface area contributed by atoms with Gasteiger partial charge in [0.2, 0.25) is 10.0 Å². The second-order valence-corrected chi connectivity index (χ2v) is 8.10. The Labute approximate surface area is 129 Å². The summed E-state index contributed by atoms with van der Waals surface area (Å²) in [6.45, 7) is 0. The number of rotatable bonds is 3. The molecule has 0 aliphatic carbocycles. The van der Waals surface area contributed by atoms with Gasteiger partial charge in [0, 0.05) is 22.9 Å². The number of fused-ring (bicyclic) bond motifs is 1. The second kappa shape index (κ2) is 5.87. The first-order chi connectivity index (χ1) is 10.1. The Hall–Kier alpha value is -1.24. The third kappa shape index (κ3) is 3.17. The lowest BCUT2D eigenvalue weighted by atomic mass is 10.1. The Bertz CT molecular complexity index is 753. The van der Waals surface area contributed by atoms with Gasteiger partial charge in [-0.25, -0.2) is 13.1 Å². The van der Waals surface area contributed by atoms with Gasteiger partial charge in [0.15, 0.2) is 0 Å². The van der Waals surface area contributed by atoms with Gasteiger partial charge in [-0.1, -0.05) is 18.2 Å². The molecule has 1 atom stereocenters. The van der Waals surface area contributed by atoms with E-state index in [0.29, 0.717) is 16.0 Å². The average molecular weight is 322 g/mol. The van der Waals surface area contributed by atoms with E-state index in [1.54, 1.807) is 42.1 Å². The molecule has 2 aromatic carbocycles. The van der Waals surface area contributed by atoms with Crippen molar-refractivity contribution in [1.29, 1.82) is 0 Å². The van der Waals surface area contributed by atoms with Gasteiger partial charge in [-0.2, -0.15) is 11.8 Å². The van der Waals surface area contributed by atoms with Crippen molar-refractivity contribution in [3.63, 3.8) is 0 Å². The molecule has 1 fully saturated rings. The number of nitrogen functional groups attached to an aromatic ring is 1. The molecule has 3 rings (SSSR count). The van der Waals surface area contributed by atoms with Gasteiger partial charge in [-0.3, -0.25) is 0 Å². The van der Waals surface area contributed by atoms with Crippen molar-refractivity contribution in [1.82, 2.24) is 4.72 Å². The minimum Gasteiger partial charge on any atom is -0.399 e. The lowest BCUT2D eigenvalue weighted by molar-refractivity contribution is 0.544. The standard InChI is InChI=1S/C15H18N2O2S2/c16-12-6-7-14-11(9-12)3-1-5-15(14)21(18,19)17-13-4-2-8-20-10-13/h1,3,5-7,9,13,17H,2,4,8,10,16H2. The van der Waals surface area contributed by atoms with Crippen LogP contribution in [0.3, 0.4) is 0 Å². The molecule has 1 heterocycles. The van der Waals surface area contributed by atoms with Crippen LogP contribution in [0.2, 0.25) is 0 Å². The largest absolute Gasteiger partial charge is 0.399 e. The highest BCUT2D eigenvalue weighted by molar-refractivity contribution is 7.99. The summed E-state index contributed by atoms with van der Waals surface area (Å²) in [4.78, 5) is 0.329. The van der Waals surface area contributed by atoms with Crippen LogP contribution in [0, 0.1) is 0 Å². The van der Waals surface area contributed by atoms with Crippen LogP contribution in [0.15, 0.2) is 41.3 Å². The van der Waals surface area contributed by atoms with Crippen LogP contribution < -0.4 is 10.5 Å². The predicted molar refractivity (Wildman–Crippen MR) is 89.0 cm³/mol. The average Bonchev–Trinajstić information content (AvgIpc) is 2.47. The van der Waals surface area contributed by atoms with Crippen molar-refractivity contribution < 1.29 is 8.42 Å². The molecule has 0 spiro atoms. The summed E-state index contributed by atoms with van der Waals surface area (Å²) in [5.41, 5.74) is 6.40. The third-order valence-electron chi connectivity index (χ3n) is 3.64. The molecule has 0 aromatic heterocycles. The van der Waals surface area contributed by atoms with Crippen LogP contribution in [-0.2, 0) is 10.0 Å². The summed E-state index contributed by atoms with van der Waals surface area (Å²) < 4.78 is 28.1. The van der Waals surface area contributed by atoms with Crippen LogP contribution in [0.5, 0.6) is 0 Å². The minimum atomic E-state index is -3.50. The molecule has 1 aliphatic rings. The maximum absolute atomic E-state index is 12.6. The molecule has 1 aliphatic heterocycles. The highest BCUT2D eigenvalue weighted by Gasteiger charge is 2.23. The highest BCUT2D eigenvalue weighted by atomic mass is 32.2. The zero-order valence-electron chi connectivity index (χ0n) is 11.6. The molecule has 2 aromatic rings. The van der Waals surface area contributed by atoms with Crippen molar-refractivity contribution in [2.45, 2.75) is 23.8 Å². The molecule has 0 amide bonds. The molecular weight excluding hydrogens is 304 g/mol. The Morgan fingerprint density at radius 3 is 2.86 bits per heavy atom. The topological polar surface area (TPSA) is 72.2 Å². The number of benzene rings is 2. The predicted octanol–water partition coefficient (Wildman–Crippen LogP) is 2.60. The number of hydrogen-bond acceptors (Lipinski definition) is 4. The summed E-state index contributed by atoms with van der Waals surface area (Å²) in [7, 11) is -3.50. The van der Waals surface area contributed by atoms with Gasteiger partial charge < -0.3 is 5.73 Å². The van der Waals surface area contributed by atoms with Crippen molar-refractivity contribution in [2.75, 3.05) is 17.2 Å². The smallest absolute Gasteiger partial charge is 0.241 e. The van der Waals surface area contributed by atoms with E-state index >= 15 is 0 Å². The fraction of sp³-hybridized carbons (Fsp3) is 0.333. The Balaban J connectivity index is 1.98. The van der Waals surface area contributed by atoms with Gasteiger partial charge in [0.25, 0.3) is 0 Å². The maximum atomic E-state index is 12.6. The van der Waals surface area contributed by atoms with Crippen molar-refractivity contribution in [3.8, 4) is 0 Å².